The third-order valence-electron chi connectivity index (χ3n) is 2.99. The first-order chi connectivity index (χ1) is 8.58. The van der Waals surface area contributed by atoms with E-state index in [9.17, 15) is 4.39 Å². The van der Waals surface area contributed by atoms with Gasteiger partial charge in [0, 0.05) is 18.4 Å². The Morgan fingerprint density at radius 1 is 1.44 bits per heavy atom. The van der Waals surface area contributed by atoms with Crippen LogP contribution in [0.2, 0.25) is 0 Å². The van der Waals surface area contributed by atoms with Crippen LogP contribution in [-0.4, -0.2) is 28.4 Å². The predicted molar refractivity (Wildman–Crippen MR) is 63.8 cm³/mol. The van der Waals surface area contributed by atoms with Crippen LogP contribution in [0, 0.1) is 5.82 Å². The highest BCUT2D eigenvalue weighted by molar-refractivity contribution is 5.25. The Morgan fingerprint density at radius 2 is 2.11 bits per heavy atom. The Labute approximate surface area is 106 Å². The number of hydrogen-bond acceptors (Lipinski definition) is 4. The molecule has 4 nitrogen and oxygen atoms in total. The maximum absolute atomic E-state index is 13.0. The van der Waals surface area contributed by atoms with Gasteiger partial charge in [0.25, 0.3) is 0 Å². The zero-order valence-corrected chi connectivity index (χ0v) is 10.6. The Bertz CT molecular complexity index is 403. The van der Waals surface area contributed by atoms with E-state index in [1.54, 1.807) is 0 Å². The highest BCUT2D eigenvalue weighted by Gasteiger charge is 2.26. The molecule has 5 heteroatoms. The number of aliphatic hydroxyl groups is 1. The van der Waals surface area contributed by atoms with Crippen molar-refractivity contribution in [1.82, 2.24) is 4.98 Å². The molecule has 2 atom stereocenters. The quantitative estimate of drug-likeness (QED) is 0.898. The van der Waals surface area contributed by atoms with Gasteiger partial charge in [-0.2, -0.15) is 0 Å². The van der Waals surface area contributed by atoms with Crippen LogP contribution in [0.5, 0.6) is 5.88 Å². The van der Waals surface area contributed by atoms with Crippen LogP contribution >= 0.6 is 0 Å². The summed E-state index contributed by atoms with van der Waals surface area (Å²) in [7, 11) is 0. The third kappa shape index (κ3) is 3.17. The van der Waals surface area contributed by atoms with Crippen molar-refractivity contribution >= 4 is 0 Å². The number of pyridine rings is 1. The maximum atomic E-state index is 13.0. The minimum Gasteiger partial charge on any atom is -0.474 e. The second-order valence-electron chi connectivity index (χ2n) is 4.74. The van der Waals surface area contributed by atoms with E-state index in [4.69, 9.17) is 14.6 Å². The molecular weight excluding hydrogens is 237 g/mol. The average Bonchev–Trinajstić information content (AvgIpc) is 2.30. The summed E-state index contributed by atoms with van der Waals surface area (Å²) in [5, 5.41) is 9.16. The number of ether oxygens (including phenoxy) is 2. The van der Waals surface area contributed by atoms with E-state index in [1.807, 2.05) is 13.8 Å². The second-order valence-corrected chi connectivity index (χ2v) is 4.74. The van der Waals surface area contributed by atoms with Crippen molar-refractivity contribution in [1.29, 1.82) is 0 Å². The molecule has 1 fully saturated rings. The SMILES string of the molecule is CC1CC(Oc2ncc(F)cc2CO)CC(C)O1. The number of hydrogen-bond donors (Lipinski definition) is 1. The number of halogens is 1. The number of nitrogens with zero attached hydrogens (tertiary/aromatic N) is 1. The van der Waals surface area contributed by atoms with Gasteiger partial charge < -0.3 is 14.6 Å². The molecule has 0 aliphatic carbocycles. The summed E-state index contributed by atoms with van der Waals surface area (Å²) >= 11 is 0. The number of aliphatic hydroxyl groups excluding tert-OH is 1. The lowest BCUT2D eigenvalue weighted by molar-refractivity contribution is -0.0733. The summed E-state index contributed by atoms with van der Waals surface area (Å²) < 4.78 is 24.4. The molecule has 0 amide bonds. The van der Waals surface area contributed by atoms with Crippen LogP contribution in [0.3, 0.4) is 0 Å². The third-order valence-corrected chi connectivity index (χ3v) is 2.99. The van der Waals surface area contributed by atoms with E-state index in [0.717, 1.165) is 19.0 Å². The van der Waals surface area contributed by atoms with Crippen molar-refractivity contribution < 1.29 is 19.0 Å². The van der Waals surface area contributed by atoms with Crippen molar-refractivity contribution in [2.45, 2.75) is 51.6 Å². The van der Waals surface area contributed by atoms with Crippen molar-refractivity contribution in [3.05, 3.63) is 23.6 Å². The van der Waals surface area contributed by atoms with Gasteiger partial charge in [-0.05, 0) is 19.9 Å². The monoisotopic (exact) mass is 255 g/mol. The molecule has 1 aromatic heterocycles. The molecule has 2 rings (SSSR count). The zero-order valence-electron chi connectivity index (χ0n) is 10.6. The summed E-state index contributed by atoms with van der Waals surface area (Å²) in [6.07, 6.45) is 2.91. The molecule has 0 radical (unpaired) electrons. The topological polar surface area (TPSA) is 51.6 Å². The van der Waals surface area contributed by atoms with Crippen LogP contribution in [0.25, 0.3) is 0 Å². The highest BCUT2D eigenvalue weighted by atomic mass is 19.1. The molecule has 1 saturated heterocycles. The lowest BCUT2D eigenvalue weighted by Gasteiger charge is -2.32. The first kappa shape index (κ1) is 13.2. The molecule has 2 heterocycles. The van der Waals surface area contributed by atoms with Gasteiger partial charge in [0.1, 0.15) is 11.9 Å². The van der Waals surface area contributed by atoms with E-state index >= 15 is 0 Å². The molecule has 18 heavy (non-hydrogen) atoms. The minimum atomic E-state index is -0.472. The number of rotatable bonds is 3. The lowest BCUT2D eigenvalue weighted by Crippen LogP contribution is -2.36. The summed E-state index contributed by atoms with van der Waals surface area (Å²) in [4.78, 5) is 3.90. The van der Waals surface area contributed by atoms with E-state index in [2.05, 4.69) is 4.98 Å². The molecule has 100 valence electrons. The Kier molecular flexibility index (Phi) is 4.14. The summed E-state index contributed by atoms with van der Waals surface area (Å²) in [5.74, 6) is -0.162. The Hall–Kier alpha value is -1.20. The van der Waals surface area contributed by atoms with Gasteiger partial charge in [0.05, 0.1) is 25.0 Å². The smallest absolute Gasteiger partial charge is 0.219 e. The van der Waals surface area contributed by atoms with Crippen molar-refractivity contribution in [3.8, 4) is 5.88 Å². The van der Waals surface area contributed by atoms with E-state index in [0.29, 0.717) is 11.4 Å². The van der Waals surface area contributed by atoms with E-state index < -0.39 is 5.82 Å². The van der Waals surface area contributed by atoms with Gasteiger partial charge in [-0.25, -0.2) is 9.37 Å². The summed E-state index contributed by atoms with van der Waals surface area (Å²) in [6, 6.07) is 1.24. The van der Waals surface area contributed by atoms with E-state index in [-0.39, 0.29) is 24.9 Å². The summed E-state index contributed by atoms with van der Waals surface area (Å²) in [6.45, 7) is 3.71. The fourth-order valence-electron chi connectivity index (χ4n) is 2.29. The Balaban J connectivity index is 2.08. The van der Waals surface area contributed by atoms with Crippen LogP contribution in [0.15, 0.2) is 12.3 Å². The molecule has 1 N–H and O–H groups in total. The van der Waals surface area contributed by atoms with Gasteiger partial charge in [0.2, 0.25) is 5.88 Å². The van der Waals surface area contributed by atoms with Gasteiger partial charge in [0.15, 0.2) is 0 Å². The zero-order chi connectivity index (χ0) is 13.1. The predicted octanol–water partition coefficient (Wildman–Crippen LogP) is 2.05. The maximum Gasteiger partial charge on any atom is 0.219 e. The van der Waals surface area contributed by atoms with Crippen molar-refractivity contribution in [2.24, 2.45) is 0 Å². The molecule has 1 aromatic rings. The molecule has 0 bridgehead atoms. The fourth-order valence-corrected chi connectivity index (χ4v) is 2.29. The fraction of sp³-hybridized carbons (Fsp3) is 0.615. The molecule has 0 saturated carbocycles. The van der Waals surface area contributed by atoms with Gasteiger partial charge in [-0.3, -0.25) is 0 Å². The first-order valence-corrected chi connectivity index (χ1v) is 6.16. The minimum absolute atomic E-state index is 0.00740. The lowest BCUT2D eigenvalue weighted by atomic mass is 10.0. The molecule has 2 unspecified atom stereocenters. The van der Waals surface area contributed by atoms with Crippen molar-refractivity contribution in [3.63, 3.8) is 0 Å². The number of aromatic nitrogens is 1. The van der Waals surface area contributed by atoms with E-state index in [1.165, 1.54) is 6.07 Å². The van der Waals surface area contributed by atoms with Gasteiger partial charge >= 0.3 is 0 Å². The molecule has 0 aromatic carbocycles. The highest BCUT2D eigenvalue weighted by Crippen LogP contribution is 2.25. The van der Waals surface area contributed by atoms with Crippen LogP contribution in [0.4, 0.5) is 4.39 Å². The van der Waals surface area contributed by atoms with Crippen LogP contribution in [0.1, 0.15) is 32.3 Å². The Morgan fingerprint density at radius 3 is 2.72 bits per heavy atom. The molecule has 1 aliphatic heterocycles. The van der Waals surface area contributed by atoms with Crippen LogP contribution in [-0.2, 0) is 11.3 Å². The molecule has 0 spiro atoms. The van der Waals surface area contributed by atoms with Gasteiger partial charge in [-0.1, -0.05) is 0 Å². The van der Waals surface area contributed by atoms with Crippen molar-refractivity contribution in [2.75, 3.05) is 0 Å². The standard InChI is InChI=1S/C13H18FNO3/c1-8-3-12(4-9(2)17-8)18-13-10(7-16)5-11(14)6-15-13/h5-6,8-9,12,16H,3-4,7H2,1-2H3. The van der Waals surface area contributed by atoms with Gasteiger partial charge in [-0.15, -0.1) is 0 Å². The van der Waals surface area contributed by atoms with Crippen LogP contribution < -0.4 is 4.74 Å². The largest absolute Gasteiger partial charge is 0.474 e. The average molecular weight is 255 g/mol. The first-order valence-electron chi connectivity index (χ1n) is 6.16. The normalized spacial score (nSPS) is 28.1. The summed E-state index contributed by atoms with van der Waals surface area (Å²) in [5.41, 5.74) is 0.377. The molecule has 1 aliphatic rings. The molecular formula is C13H18FNO3. The second kappa shape index (κ2) is 5.63.